The summed E-state index contributed by atoms with van der Waals surface area (Å²) in [6.07, 6.45) is 2.46. The molecule has 156 valence electrons. The van der Waals surface area contributed by atoms with Gasteiger partial charge in [0.1, 0.15) is 0 Å². The lowest BCUT2D eigenvalue weighted by Gasteiger charge is -2.05. The lowest BCUT2D eigenvalue weighted by atomic mass is 10.1. The summed E-state index contributed by atoms with van der Waals surface area (Å²) in [4.78, 5) is 16.4. The highest BCUT2D eigenvalue weighted by Gasteiger charge is 2.14. The van der Waals surface area contributed by atoms with Crippen LogP contribution in [0, 0.1) is 0 Å². The quantitative estimate of drug-likeness (QED) is 0.442. The molecule has 5 rings (SSSR count). The summed E-state index contributed by atoms with van der Waals surface area (Å²) in [6.45, 7) is 0.779. The molecule has 0 radical (unpaired) electrons. The van der Waals surface area contributed by atoms with Gasteiger partial charge in [-0.3, -0.25) is 9.78 Å². The standard InChI is InChI=1S/C22H18N4O4S/c27-20(24-9-7-14-3-6-18-19(10-14)29-13-28-18)12-31-22-26-25-21(30-22)16-4-5-17-15(11-16)2-1-8-23-17/h1-6,8,10-11H,7,9,12-13H2,(H,24,27). The number of carbonyl (C=O) groups excluding carboxylic acids is 1. The maximum atomic E-state index is 12.1. The Morgan fingerprint density at radius 2 is 2.00 bits per heavy atom. The largest absolute Gasteiger partial charge is 0.454 e. The van der Waals surface area contributed by atoms with Crippen molar-refractivity contribution in [2.24, 2.45) is 0 Å². The first-order chi connectivity index (χ1) is 15.2. The van der Waals surface area contributed by atoms with Crippen LogP contribution in [0.3, 0.4) is 0 Å². The summed E-state index contributed by atoms with van der Waals surface area (Å²) < 4.78 is 16.4. The average Bonchev–Trinajstić information content (AvgIpc) is 3.46. The Kier molecular flexibility index (Phi) is 5.40. The van der Waals surface area contributed by atoms with Crippen LogP contribution in [0.1, 0.15) is 5.56 Å². The number of ether oxygens (including phenoxy) is 2. The van der Waals surface area contributed by atoms with Crippen LogP contribution in [-0.4, -0.2) is 40.2 Å². The monoisotopic (exact) mass is 434 g/mol. The van der Waals surface area contributed by atoms with Gasteiger partial charge in [0.25, 0.3) is 5.22 Å². The van der Waals surface area contributed by atoms with Gasteiger partial charge in [0.2, 0.25) is 18.6 Å². The minimum absolute atomic E-state index is 0.0951. The molecule has 0 saturated carbocycles. The molecule has 2 aromatic heterocycles. The first kappa shape index (κ1) is 19.4. The minimum atomic E-state index is -0.0951. The van der Waals surface area contributed by atoms with Crippen molar-refractivity contribution in [1.82, 2.24) is 20.5 Å². The summed E-state index contributed by atoms with van der Waals surface area (Å²) in [6, 6.07) is 15.4. The van der Waals surface area contributed by atoms with E-state index < -0.39 is 0 Å². The number of nitrogens with one attached hydrogen (secondary N) is 1. The summed E-state index contributed by atoms with van der Waals surface area (Å²) in [5, 5.41) is 12.4. The summed E-state index contributed by atoms with van der Waals surface area (Å²) in [7, 11) is 0. The zero-order chi connectivity index (χ0) is 21.0. The number of pyridine rings is 1. The van der Waals surface area contributed by atoms with Gasteiger partial charge in [-0.2, -0.15) is 0 Å². The molecule has 0 fully saturated rings. The van der Waals surface area contributed by atoms with Crippen LogP contribution in [0.25, 0.3) is 22.4 Å². The van der Waals surface area contributed by atoms with Gasteiger partial charge in [-0.15, -0.1) is 10.2 Å². The van der Waals surface area contributed by atoms with E-state index in [2.05, 4.69) is 20.5 Å². The minimum Gasteiger partial charge on any atom is -0.454 e. The van der Waals surface area contributed by atoms with Crippen molar-refractivity contribution in [3.63, 3.8) is 0 Å². The van der Waals surface area contributed by atoms with Gasteiger partial charge in [-0.25, -0.2) is 0 Å². The van der Waals surface area contributed by atoms with Crippen molar-refractivity contribution in [2.45, 2.75) is 11.6 Å². The van der Waals surface area contributed by atoms with Crippen molar-refractivity contribution in [3.8, 4) is 23.0 Å². The number of amides is 1. The van der Waals surface area contributed by atoms with E-state index in [-0.39, 0.29) is 18.5 Å². The highest BCUT2D eigenvalue weighted by atomic mass is 32.2. The molecule has 0 bridgehead atoms. The fourth-order valence-corrected chi connectivity index (χ4v) is 3.81. The zero-order valence-corrected chi connectivity index (χ0v) is 17.2. The molecule has 0 unspecified atom stereocenters. The van der Waals surface area contributed by atoms with Crippen LogP contribution in [0.2, 0.25) is 0 Å². The number of benzene rings is 2. The number of aromatic nitrogens is 3. The number of nitrogens with zero attached hydrogens (tertiary/aromatic N) is 3. The Morgan fingerprint density at radius 3 is 2.97 bits per heavy atom. The molecule has 1 aliphatic rings. The van der Waals surface area contributed by atoms with E-state index in [1.54, 1.807) is 6.20 Å². The van der Waals surface area contributed by atoms with Crippen LogP contribution < -0.4 is 14.8 Å². The molecule has 2 aromatic carbocycles. The molecule has 0 aliphatic carbocycles. The SMILES string of the molecule is O=C(CSc1nnc(-c2ccc3ncccc3c2)o1)NCCc1ccc2c(c1)OCO2. The third-order valence-electron chi connectivity index (χ3n) is 4.76. The second-order valence-corrected chi connectivity index (χ2v) is 7.79. The second kappa shape index (κ2) is 8.65. The Morgan fingerprint density at radius 1 is 1.06 bits per heavy atom. The summed E-state index contributed by atoms with van der Waals surface area (Å²) in [5.41, 5.74) is 2.79. The Balaban J connectivity index is 1.11. The highest BCUT2D eigenvalue weighted by molar-refractivity contribution is 7.99. The molecule has 0 atom stereocenters. The van der Waals surface area contributed by atoms with Crippen molar-refractivity contribution in [3.05, 3.63) is 60.3 Å². The van der Waals surface area contributed by atoms with E-state index >= 15 is 0 Å². The maximum Gasteiger partial charge on any atom is 0.277 e. The third kappa shape index (κ3) is 4.46. The van der Waals surface area contributed by atoms with Crippen LogP contribution in [0.5, 0.6) is 11.5 Å². The molecule has 1 amide bonds. The van der Waals surface area contributed by atoms with Crippen molar-refractivity contribution in [1.29, 1.82) is 0 Å². The van der Waals surface area contributed by atoms with Crippen molar-refractivity contribution >= 4 is 28.6 Å². The molecule has 3 heterocycles. The normalized spacial score (nSPS) is 12.3. The van der Waals surface area contributed by atoms with Crippen LogP contribution in [-0.2, 0) is 11.2 Å². The van der Waals surface area contributed by atoms with Crippen LogP contribution >= 0.6 is 11.8 Å². The average molecular weight is 434 g/mol. The maximum absolute atomic E-state index is 12.1. The van der Waals surface area contributed by atoms with Crippen molar-refractivity contribution < 1.29 is 18.7 Å². The molecule has 4 aromatic rings. The molecule has 0 saturated heterocycles. The second-order valence-electron chi connectivity index (χ2n) is 6.86. The molecule has 8 nitrogen and oxygen atoms in total. The van der Waals surface area contributed by atoms with E-state index in [1.165, 1.54) is 11.8 Å². The van der Waals surface area contributed by atoms with Gasteiger partial charge >= 0.3 is 0 Å². The Labute approximate surface area is 182 Å². The highest BCUT2D eigenvalue weighted by Crippen LogP contribution is 2.32. The van der Waals surface area contributed by atoms with E-state index in [0.29, 0.717) is 24.1 Å². The summed E-state index contributed by atoms with van der Waals surface area (Å²) in [5.74, 6) is 2.01. The van der Waals surface area contributed by atoms with E-state index in [0.717, 1.165) is 33.5 Å². The van der Waals surface area contributed by atoms with Crippen molar-refractivity contribution in [2.75, 3.05) is 19.1 Å². The summed E-state index contributed by atoms with van der Waals surface area (Å²) >= 11 is 1.21. The first-order valence-corrected chi connectivity index (χ1v) is 10.7. The number of hydrogen-bond donors (Lipinski definition) is 1. The molecule has 9 heteroatoms. The lowest BCUT2D eigenvalue weighted by molar-refractivity contribution is -0.118. The molecule has 1 aliphatic heterocycles. The molecule has 31 heavy (non-hydrogen) atoms. The zero-order valence-electron chi connectivity index (χ0n) is 16.4. The van der Waals surface area contributed by atoms with Gasteiger partial charge in [-0.05, 0) is 48.4 Å². The Hall–Kier alpha value is -3.59. The number of hydrogen-bond acceptors (Lipinski definition) is 8. The fraction of sp³-hybridized carbons (Fsp3) is 0.182. The smallest absolute Gasteiger partial charge is 0.277 e. The predicted octanol–water partition coefficient (Wildman–Crippen LogP) is 3.46. The number of thioether (sulfide) groups is 1. The first-order valence-electron chi connectivity index (χ1n) is 9.71. The number of fused-ring (bicyclic) bond motifs is 2. The predicted molar refractivity (Wildman–Crippen MR) is 115 cm³/mol. The van der Waals surface area contributed by atoms with Gasteiger partial charge < -0.3 is 19.2 Å². The van der Waals surface area contributed by atoms with E-state index in [9.17, 15) is 4.79 Å². The van der Waals surface area contributed by atoms with Gasteiger partial charge in [0.05, 0.1) is 11.3 Å². The topological polar surface area (TPSA) is 99.4 Å². The molecular formula is C22H18N4O4S. The van der Waals surface area contributed by atoms with Crippen LogP contribution in [0.15, 0.2) is 64.4 Å². The molecular weight excluding hydrogens is 416 g/mol. The van der Waals surface area contributed by atoms with E-state index in [4.69, 9.17) is 13.9 Å². The number of rotatable bonds is 7. The third-order valence-corrected chi connectivity index (χ3v) is 5.57. The fourth-order valence-electron chi connectivity index (χ4n) is 3.21. The lowest BCUT2D eigenvalue weighted by Crippen LogP contribution is -2.27. The molecule has 1 N–H and O–H groups in total. The van der Waals surface area contributed by atoms with E-state index in [1.807, 2.05) is 48.5 Å². The van der Waals surface area contributed by atoms with Crippen LogP contribution in [0.4, 0.5) is 0 Å². The van der Waals surface area contributed by atoms with Gasteiger partial charge in [-0.1, -0.05) is 23.9 Å². The van der Waals surface area contributed by atoms with Gasteiger partial charge in [0.15, 0.2) is 11.5 Å². The molecule has 0 spiro atoms. The Bertz CT molecular complexity index is 1240. The number of carbonyl (C=O) groups is 1. The van der Waals surface area contributed by atoms with Gasteiger partial charge in [0, 0.05) is 23.7 Å².